The van der Waals surface area contributed by atoms with Crippen molar-refractivity contribution in [1.82, 2.24) is 15.3 Å². The molecule has 2 aromatic heterocycles. The van der Waals surface area contributed by atoms with Crippen LogP contribution in [0.3, 0.4) is 0 Å². The van der Waals surface area contributed by atoms with Crippen LogP contribution in [0.2, 0.25) is 0 Å². The average molecular weight is 419 g/mol. The minimum atomic E-state index is -4.48. The summed E-state index contributed by atoms with van der Waals surface area (Å²) in [5, 5.41) is 12.6. The third-order valence-electron chi connectivity index (χ3n) is 4.66. The largest absolute Gasteiger partial charge is 0.496 e. The third kappa shape index (κ3) is 4.51. The number of nitrogens with zero attached hydrogens (tertiary/aromatic N) is 2. The number of ether oxygens (including phenoxy) is 1. The van der Waals surface area contributed by atoms with Crippen molar-refractivity contribution in [3.8, 4) is 17.1 Å². The second-order valence-corrected chi connectivity index (χ2v) is 6.63. The molecule has 0 aliphatic heterocycles. The highest BCUT2D eigenvalue weighted by molar-refractivity contribution is 5.99. The summed E-state index contributed by atoms with van der Waals surface area (Å²) >= 11 is 0. The van der Waals surface area contributed by atoms with Gasteiger partial charge in [-0.25, -0.2) is 4.98 Å². The van der Waals surface area contributed by atoms with E-state index in [1.807, 2.05) is 6.92 Å². The number of fused-ring (bicyclic) bond motifs is 1. The lowest BCUT2D eigenvalue weighted by molar-refractivity contribution is -0.137. The Morgan fingerprint density at radius 1 is 1.20 bits per heavy atom. The first-order valence-electron chi connectivity index (χ1n) is 9.21. The van der Waals surface area contributed by atoms with Crippen LogP contribution in [0.5, 0.6) is 5.75 Å². The summed E-state index contributed by atoms with van der Waals surface area (Å²) in [4.78, 5) is 20.8. The summed E-state index contributed by atoms with van der Waals surface area (Å²) in [5.74, 6) is 0.0853. The Kier molecular flexibility index (Phi) is 6.21. The Morgan fingerprint density at radius 3 is 2.53 bits per heavy atom. The Labute approximate surface area is 170 Å². The molecule has 2 heterocycles. The molecule has 6 nitrogen and oxygen atoms in total. The first-order valence-corrected chi connectivity index (χ1v) is 9.21. The number of amides is 1. The molecule has 30 heavy (non-hydrogen) atoms. The molecule has 0 bridgehead atoms. The first kappa shape index (κ1) is 21.5. The fourth-order valence-electron chi connectivity index (χ4n) is 2.90. The Morgan fingerprint density at radius 2 is 1.97 bits per heavy atom. The molecule has 1 aromatic carbocycles. The number of aliphatic hydroxyl groups is 1. The van der Waals surface area contributed by atoms with Gasteiger partial charge in [0.15, 0.2) is 0 Å². The number of halogens is 3. The van der Waals surface area contributed by atoms with Crippen LogP contribution in [0, 0.1) is 0 Å². The van der Waals surface area contributed by atoms with E-state index in [0.717, 1.165) is 12.3 Å². The summed E-state index contributed by atoms with van der Waals surface area (Å²) in [7, 11) is 1.46. The van der Waals surface area contributed by atoms with Gasteiger partial charge in [-0.1, -0.05) is 6.92 Å². The second kappa shape index (κ2) is 8.66. The summed E-state index contributed by atoms with van der Waals surface area (Å²) in [6, 6.07) is 8.24. The lowest BCUT2D eigenvalue weighted by Gasteiger charge is -2.15. The molecule has 0 aliphatic rings. The number of alkyl halides is 3. The first-order chi connectivity index (χ1) is 14.3. The Hall–Kier alpha value is -3.20. The van der Waals surface area contributed by atoms with E-state index in [9.17, 15) is 23.1 Å². The lowest BCUT2D eigenvalue weighted by Crippen LogP contribution is -2.36. The molecule has 0 aliphatic carbocycles. The molecule has 1 unspecified atom stereocenters. The molecule has 0 spiro atoms. The molecular formula is C21H20F3N3O3. The quantitative estimate of drug-likeness (QED) is 0.635. The van der Waals surface area contributed by atoms with Gasteiger partial charge in [0.1, 0.15) is 5.75 Å². The molecule has 0 radical (unpaired) electrons. The maximum Gasteiger partial charge on any atom is 0.417 e. The molecule has 158 valence electrons. The van der Waals surface area contributed by atoms with Crippen LogP contribution in [0.1, 0.15) is 29.3 Å². The molecule has 0 fully saturated rings. The molecular weight excluding hydrogens is 399 g/mol. The van der Waals surface area contributed by atoms with E-state index in [4.69, 9.17) is 4.74 Å². The number of nitrogens with one attached hydrogen (secondary N) is 1. The molecule has 9 heteroatoms. The van der Waals surface area contributed by atoms with Gasteiger partial charge < -0.3 is 15.2 Å². The number of carbonyl (C=O) groups is 1. The Bertz CT molecular complexity index is 1050. The van der Waals surface area contributed by atoms with Gasteiger partial charge in [-0.15, -0.1) is 0 Å². The van der Waals surface area contributed by atoms with Crippen molar-refractivity contribution in [2.45, 2.75) is 25.6 Å². The van der Waals surface area contributed by atoms with Gasteiger partial charge in [0.2, 0.25) is 0 Å². The van der Waals surface area contributed by atoms with Crippen molar-refractivity contribution in [1.29, 1.82) is 0 Å². The second-order valence-electron chi connectivity index (χ2n) is 6.63. The van der Waals surface area contributed by atoms with E-state index in [2.05, 4.69) is 15.3 Å². The molecule has 1 amide bonds. The molecule has 3 rings (SSSR count). The SMILES string of the molecule is CCC(CO)NC(=O)c1ccc2c(OC)cc(-c3ccc(C(F)(F)F)cn3)nc2c1. The highest BCUT2D eigenvalue weighted by atomic mass is 19.4. The molecule has 0 saturated carbocycles. The van der Waals surface area contributed by atoms with Crippen molar-refractivity contribution in [2.75, 3.05) is 13.7 Å². The maximum atomic E-state index is 12.8. The number of hydrogen-bond acceptors (Lipinski definition) is 5. The van der Waals surface area contributed by atoms with E-state index >= 15 is 0 Å². The van der Waals surface area contributed by atoms with Crippen LogP contribution >= 0.6 is 0 Å². The summed E-state index contributed by atoms with van der Waals surface area (Å²) in [6.07, 6.45) is -3.16. The standard InChI is InChI=1S/C21H20F3N3O3/c1-3-14(11-28)26-20(29)12-4-6-15-17(8-12)27-18(9-19(15)30-2)16-7-5-13(10-25-16)21(22,23)24/h4-10,14,28H,3,11H2,1-2H3,(H,26,29). The minimum absolute atomic E-state index is 0.175. The van der Waals surface area contributed by atoms with Crippen molar-refractivity contribution in [3.05, 3.63) is 53.7 Å². The van der Waals surface area contributed by atoms with Gasteiger partial charge in [0.05, 0.1) is 42.2 Å². The number of aliphatic hydroxyl groups excluding tert-OH is 1. The Balaban J connectivity index is 2.01. The molecule has 0 saturated heterocycles. The minimum Gasteiger partial charge on any atom is -0.496 e. The smallest absolute Gasteiger partial charge is 0.417 e. The van der Waals surface area contributed by atoms with Crippen molar-refractivity contribution in [2.24, 2.45) is 0 Å². The summed E-state index contributed by atoms with van der Waals surface area (Å²) in [6.45, 7) is 1.67. The van der Waals surface area contributed by atoms with E-state index in [0.29, 0.717) is 34.3 Å². The normalized spacial score (nSPS) is 12.6. The fourth-order valence-corrected chi connectivity index (χ4v) is 2.90. The monoisotopic (exact) mass is 419 g/mol. The number of aromatic nitrogens is 2. The zero-order valence-corrected chi connectivity index (χ0v) is 16.3. The van der Waals surface area contributed by atoms with Crippen molar-refractivity contribution >= 4 is 16.8 Å². The highest BCUT2D eigenvalue weighted by Gasteiger charge is 2.30. The molecule has 3 aromatic rings. The van der Waals surface area contributed by atoms with E-state index in [-0.39, 0.29) is 24.2 Å². The van der Waals surface area contributed by atoms with Gasteiger partial charge in [-0.3, -0.25) is 9.78 Å². The number of carbonyl (C=O) groups excluding carboxylic acids is 1. The third-order valence-corrected chi connectivity index (χ3v) is 4.66. The zero-order valence-electron chi connectivity index (χ0n) is 16.3. The van der Waals surface area contributed by atoms with E-state index in [1.165, 1.54) is 13.2 Å². The topological polar surface area (TPSA) is 84.3 Å². The molecule has 2 N–H and O–H groups in total. The van der Waals surface area contributed by atoms with E-state index < -0.39 is 11.7 Å². The number of benzene rings is 1. The number of pyridine rings is 2. The zero-order chi connectivity index (χ0) is 21.9. The van der Waals surface area contributed by atoms with Crippen LogP contribution in [0.4, 0.5) is 13.2 Å². The highest BCUT2D eigenvalue weighted by Crippen LogP contribution is 2.32. The predicted octanol–water partition coefficient (Wildman–Crippen LogP) is 3.82. The van der Waals surface area contributed by atoms with Crippen molar-refractivity contribution < 1.29 is 27.8 Å². The van der Waals surface area contributed by atoms with Crippen LogP contribution in [-0.4, -0.2) is 40.7 Å². The van der Waals surface area contributed by atoms with Gasteiger partial charge >= 0.3 is 6.18 Å². The van der Waals surface area contributed by atoms with Gasteiger partial charge in [0, 0.05) is 23.2 Å². The average Bonchev–Trinajstić information content (AvgIpc) is 2.75. The lowest BCUT2D eigenvalue weighted by atomic mass is 10.1. The van der Waals surface area contributed by atoms with Crippen molar-refractivity contribution in [3.63, 3.8) is 0 Å². The van der Waals surface area contributed by atoms with Crippen LogP contribution < -0.4 is 10.1 Å². The summed E-state index contributed by atoms with van der Waals surface area (Å²) < 4.78 is 43.7. The van der Waals surface area contributed by atoms with E-state index in [1.54, 1.807) is 24.3 Å². The van der Waals surface area contributed by atoms with Gasteiger partial charge in [0.25, 0.3) is 5.91 Å². The fraction of sp³-hybridized carbons (Fsp3) is 0.286. The van der Waals surface area contributed by atoms with Crippen LogP contribution in [0.25, 0.3) is 22.3 Å². The number of hydrogen-bond donors (Lipinski definition) is 2. The summed E-state index contributed by atoms with van der Waals surface area (Å²) in [5.41, 5.74) is 0.460. The van der Waals surface area contributed by atoms with Crippen LogP contribution in [-0.2, 0) is 6.18 Å². The maximum absolute atomic E-state index is 12.8. The van der Waals surface area contributed by atoms with Gasteiger partial charge in [-0.2, -0.15) is 13.2 Å². The van der Waals surface area contributed by atoms with Crippen LogP contribution in [0.15, 0.2) is 42.6 Å². The van der Waals surface area contributed by atoms with Gasteiger partial charge in [-0.05, 0) is 36.8 Å². The molecule has 1 atom stereocenters. The predicted molar refractivity (Wildman–Crippen MR) is 105 cm³/mol. The number of rotatable bonds is 6. The number of methoxy groups -OCH3 is 1.